The Morgan fingerprint density at radius 2 is 1.57 bits per heavy atom. The first-order valence-electron chi connectivity index (χ1n) is 8.99. The fourth-order valence-electron chi connectivity index (χ4n) is 2.82. The molecule has 0 heterocycles. The lowest BCUT2D eigenvalue weighted by molar-refractivity contribution is -0.123. The SMILES string of the molecule is COc1cccc(CNC(=O)C(NC(=O)c2ccccc2)c2ccccc2)c1. The first kappa shape index (κ1) is 19.2. The van der Waals surface area contributed by atoms with Gasteiger partial charge < -0.3 is 15.4 Å². The molecular weight excluding hydrogens is 352 g/mol. The van der Waals surface area contributed by atoms with Crippen molar-refractivity contribution in [3.63, 3.8) is 0 Å². The highest BCUT2D eigenvalue weighted by molar-refractivity contribution is 5.97. The lowest BCUT2D eigenvalue weighted by Gasteiger charge is -2.19. The van der Waals surface area contributed by atoms with E-state index in [4.69, 9.17) is 4.74 Å². The van der Waals surface area contributed by atoms with Crippen LogP contribution in [0.25, 0.3) is 0 Å². The van der Waals surface area contributed by atoms with Crippen molar-refractivity contribution in [2.45, 2.75) is 12.6 Å². The van der Waals surface area contributed by atoms with Gasteiger partial charge in [0.25, 0.3) is 5.91 Å². The van der Waals surface area contributed by atoms with Gasteiger partial charge in [-0.15, -0.1) is 0 Å². The molecule has 0 aliphatic rings. The minimum Gasteiger partial charge on any atom is -0.497 e. The Morgan fingerprint density at radius 3 is 2.25 bits per heavy atom. The van der Waals surface area contributed by atoms with Crippen LogP contribution >= 0.6 is 0 Å². The molecule has 0 fully saturated rings. The molecule has 0 aliphatic carbocycles. The zero-order valence-electron chi connectivity index (χ0n) is 15.6. The number of hydrogen-bond acceptors (Lipinski definition) is 3. The zero-order valence-corrected chi connectivity index (χ0v) is 15.6. The summed E-state index contributed by atoms with van der Waals surface area (Å²) in [6.07, 6.45) is 0. The number of hydrogen-bond donors (Lipinski definition) is 2. The fraction of sp³-hybridized carbons (Fsp3) is 0.130. The first-order chi connectivity index (χ1) is 13.7. The molecule has 1 unspecified atom stereocenters. The molecule has 0 radical (unpaired) electrons. The number of methoxy groups -OCH3 is 1. The average molecular weight is 374 g/mol. The van der Waals surface area contributed by atoms with E-state index in [2.05, 4.69) is 10.6 Å². The summed E-state index contributed by atoms with van der Waals surface area (Å²) in [6.45, 7) is 0.334. The van der Waals surface area contributed by atoms with Gasteiger partial charge in [0.1, 0.15) is 11.8 Å². The predicted molar refractivity (Wildman–Crippen MR) is 108 cm³/mol. The lowest BCUT2D eigenvalue weighted by atomic mass is 10.0. The second-order valence-electron chi connectivity index (χ2n) is 6.25. The minimum atomic E-state index is -0.792. The van der Waals surface area contributed by atoms with E-state index in [-0.39, 0.29) is 11.8 Å². The molecule has 142 valence electrons. The third kappa shape index (κ3) is 4.98. The molecule has 3 rings (SSSR count). The Hall–Kier alpha value is -3.60. The summed E-state index contributed by atoms with van der Waals surface area (Å²) in [6, 6.07) is 24.7. The number of carbonyl (C=O) groups is 2. The molecule has 0 bridgehead atoms. The zero-order chi connectivity index (χ0) is 19.8. The van der Waals surface area contributed by atoms with E-state index in [0.717, 1.165) is 16.9 Å². The van der Waals surface area contributed by atoms with Gasteiger partial charge in [0.15, 0.2) is 0 Å². The van der Waals surface area contributed by atoms with Crippen LogP contribution in [0.5, 0.6) is 5.75 Å². The molecule has 3 aromatic rings. The summed E-state index contributed by atoms with van der Waals surface area (Å²) in [5.41, 5.74) is 2.13. The molecule has 1 atom stereocenters. The molecule has 0 saturated heterocycles. The van der Waals surface area contributed by atoms with E-state index in [1.807, 2.05) is 60.7 Å². The Kier molecular flexibility index (Phi) is 6.41. The number of nitrogens with one attached hydrogen (secondary N) is 2. The van der Waals surface area contributed by atoms with E-state index >= 15 is 0 Å². The van der Waals surface area contributed by atoms with Gasteiger partial charge >= 0.3 is 0 Å². The van der Waals surface area contributed by atoms with Gasteiger partial charge in [-0.05, 0) is 35.4 Å². The molecule has 5 nitrogen and oxygen atoms in total. The minimum absolute atomic E-state index is 0.279. The van der Waals surface area contributed by atoms with E-state index < -0.39 is 6.04 Å². The van der Waals surface area contributed by atoms with Crippen molar-refractivity contribution in [1.29, 1.82) is 0 Å². The molecule has 28 heavy (non-hydrogen) atoms. The quantitative estimate of drug-likeness (QED) is 0.665. The first-order valence-corrected chi connectivity index (χ1v) is 8.99. The van der Waals surface area contributed by atoms with Gasteiger partial charge in [-0.2, -0.15) is 0 Å². The topological polar surface area (TPSA) is 67.4 Å². The highest BCUT2D eigenvalue weighted by Crippen LogP contribution is 2.16. The monoisotopic (exact) mass is 374 g/mol. The van der Waals surface area contributed by atoms with Crippen LogP contribution < -0.4 is 15.4 Å². The standard InChI is InChI=1S/C23H22N2O3/c1-28-20-14-8-9-17(15-20)16-24-23(27)21(18-10-4-2-5-11-18)25-22(26)19-12-6-3-7-13-19/h2-15,21H,16H2,1H3,(H,24,27)(H,25,26). The van der Waals surface area contributed by atoms with Crippen molar-refractivity contribution in [3.8, 4) is 5.75 Å². The Bertz CT molecular complexity index is 927. The van der Waals surface area contributed by atoms with E-state index in [0.29, 0.717) is 12.1 Å². The summed E-state index contributed by atoms with van der Waals surface area (Å²) < 4.78 is 5.21. The fourth-order valence-corrected chi connectivity index (χ4v) is 2.82. The van der Waals surface area contributed by atoms with Crippen LogP contribution in [0.3, 0.4) is 0 Å². The number of rotatable bonds is 7. The largest absolute Gasteiger partial charge is 0.497 e. The van der Waals surface area contributed by atoms with Gasteiger partial charge in [-0.3, -0.25) is 9.59 Å². The van der Waals surface area contributed by atoms with Crippen LogP contribution in [0.2, 0.25) is 0 Å². The molecule has 2 N–H and O–H groups in total. The van der Waals surface area contributed by atoms with Gasteiger partial charge in [0.05, 0.1) is 7.11 Å². The van der Waals surface area contributed by atoms with Crippen LogP contribution in [0.15, 0.2) is 84.9 Å². The van der Waals surface area contributed by atoms with Gasteiger partial charge in [0, 0.05) is 12.1 Å². The molecule has 0 aromatic heterocycles. The van der Waals surface area contributed by atoms with Crippen LogP contribution in [-0.2, 0) is 11.3 Å². The molecule has 3 aromatic carbocycles. The van der Waals surface area contributed by atoms with Crippen molar-refractivity contribution in [2.75, 3.05) is 7.11 Å². The van der Waals surface area contributed by atoms with Crippen LogP contribution in [-0.4, -0.2) is 18.9 Å². The Balaban J connectivity index is 1.74. The van der Waals surface area contributed by atoms with Crippen molar-refractivity contribution < 1.29 is 14.3 Å². The number of amides is 2. The molecule has 5 heteroatoms. The third-order valence-corrected chi connectivity index (χ3v) is 4.31. The number of benzene rings is 3. The van der Waals surface area contributed by atoms with E-state index in [9.17, 15) is 9.59 Å². The average Bonchev–Trinajstić information content (AvgIpc) is 2.77. The summed E-state index contributed by atoms with van der Waals surface area (Å²) in [5.74, 6) is 0.146. The summed E-state index contributed by atoms with van der Waals surface area (Å²) in [4.78, 5) is 25.5. The summed E-state index contributed by atoms with van der Waals surface area (Å²) >= 11 is 0. The lowest BCUT2D eigenvalue weighted by Crippen LogP contribution is -2.40. The molecule has 2 amide bonds. The Labute approximate surface area is 164 Å². The van der Waals surface area contributed by atoms with Gasteiger partial charge in [0.2, 0.25) is 5.91 Å². The van der Waals surface area contributed by atoms with Crippen LogP contribution in [0.1, 0.15) is 27.5 Å². The summed E-state index contributed by atoms with van der Waals surface area (Å²) in [5, 5.41) is 5.73. The maximum Gasteiger partial charge on any atom is 0.252 e. The van der Waals surface area contributed by atoms with Crippen LogP contribution in [0, 0.1) is 0 Å². The van der Waals surface area contributed by atoms with Crippen molar-refractivity contribution in [2.24, 2.45) is 0 Å². The molecule has 0 saturated carbocycles. The maximum absolute atomic E-state index is 12.9. The van der Waals surface area contributed by atoms with Gasteiger partial charge in [-0.25, -0.2) is 0 Å². The normalized spacial score (nSPS) is 11.3. The van der Waals surface area contributed by atoms with Crippen LogP contribution in [0.4, 0.5) is 0 Å². The smallest absolute Gasteiger partial charge is 0.252 e. The van der Waals surface area contributed by atoms with Crippen molar-refractivity contribution >= 4 is 11.8 Å². The molecule has 0 spiro atoms. The predicted octanol–water partition coefficient (Wildman–Crippen LogP) is 3.48. The van der Waals surface area contributed by atoms with Crippen molar-refractivity contribution in [3.05, 3.63) is 102 Å². The van der Waals surface area contributed by atoms with Crippen molar-refractivity contribution in [1.82, 2.24) is 10.6 Å². The second kappa shape index (κ2) is 9.37. The Morgan fingerprint density at radius 1 is 0.893 bits per heavy atom. The maximum atomic E-state index is 12.9. The highest BCUT2D eigenvalue weighted by Gasteiger charge is 2.23. The molecule has 0 aliphatic heterocycles. The van der Waals surface area contributed by atoms with E-state index in [1.54, 1.807) is 31.4 Å². The summed E-state index contributed by atoms with van der Waals surface area (Å²) in [7, 11) is 1.60. The molecular formula is C23H22N2O3. The second-order valence-corrected chi connectivity index (χ2v) is 6.25. The highest BCUT2D eigenvalue weighted by atomic mass is 16.5. The van der Waals surface area contributed by atoms with E-state index in [1.165, 1.54) is 0 Å². The van der Waals surface area contributed by atoms with Gasteiger partial charge in [-0.1, -0.05) is 60.7 Å². The third-order valence-electron chi connectivity index (χ3n) is 4.31. The number of carbonyl (C=O) groups excluding carboxylic acids is 2. The number of ether oxygens (including phenoxy) is 1.